The Morgan fingerprint density at radius 3 is 2.44 bits per heavy atom. The third-order valence-electron chi connectivity index (χ3n) is 6.92. The molecule has 0 spiro atoms. The van der Waals surface area contributed by atoms with Gasteiger partial charge in [-0.1, -0.05) is 48.5 Å². The van der Waals surface area contributed by atoms with Crippen molar-refractivity contribution in [3.8, 4) is 5.75 Å². The highest BCUT2D eigenvalue weighted by atomic mass is 16.5. The van der Waals surface area contributed by atoms with Crippen molar-refractivity contribution >= 4 is 29.1 Å². The summed E-state index contributed by atoms with van der Waals surface area (Å²) in [5, 5.41) is 2.98. The lowest BCUT2D eigenvalue weighted by molar-refractivity contribution is -0.130. The molecule has 36 heavy (non-hydrogen) atoms. The molecule has 7 heteroatoms. The Morgan fingerprint density at radius 1 is 0.972 bits per heavy atom. The van der Waals surface area contributed by atoms with Crippen molar-refractivity contribution in [3.05, 3.63) is 90.0 Å². The first-order chi connectivity index (χ1) is 17.5. The van der Waals surface area contributed by atoms with Gasteiger partial charge in [0.1, 0.15) is 11.8 Å². The topological polar surface area (TPSA) is 79.0 Å². The van der Waals surface area contributed by atoms with Crippen LogP contribution in [-0.4, -0.2) is 37.9 Å². The van der Waals surface area contributed by atoms with Gasteiger partial charge in [-0.05, 0) is 54.3 Å². The van der Waals surface area contributed by atoms with Gasteiger partial charge in [-0.25, -0.2) is 0 Å². The predicted octanol–water partition coefficient (Wildman–Crippen LogP) is 3.89. The van der Waals surface area contributed by atoms with Crippen LogP contribution in [-0.2, 0) is 20.8 Å². The predicted molar refractivity (Wildman–Crippen MR) is 138 cm³/mol. The fourth-order valence-corrected chi connectivity index (χ4v) is 5.01. The average Bonchev–Trinajstić information content (AvgIpc) is 3.33. The fraction of sp³-hybridized carbons (Fsp3) is 0.276. The monoisotopic (exact) mass is 483 g/mol. The van der Waals surface area contributed by atoms with E-state index in [9.17, 15) is 14.4 Å². The smallest absolute Gasteiger partial charge is 0.254 e. The molecule has 184 valence electrons. The summed E-state index contributed by atoms with van der Waals surface area (Å²) in [5.74, 6) is -0.437. The minimum Gasteiger partial charge on any atom is -0.497 e. The molecule has 0 radical (unpaired) electrons. The Balaban J connectivity index is 1.36. The van der Waals surface area contributed by atoms with Crippen molar-refractivity contribution in [2.45, 2.75) is 25.3 Å². The zero-order valence-electron chi connectivity index (χ0n) is 20.2. The molecule has 2 aliphatic rings. The second-order valence-corrected chi connectivity index (χ2v) is 9.18. The van der Waals surface area contributed by atoms with Gasteiger partial charge in [0.25, 0.3) is 5.91 Å². The van der Waals surface area contributed by atoms with Crippen LogP contribution in [0.1, 0.15) is 30.0 Å². The number of benzene rings is 3. The van der Waals surface area contributed by atoms with E-state index in [-0.39, 0.29) is 30.7 Å². The van der Waals surface area contributed by atoms with Crippen LogP contribution < -0.4 is 19.9 Å². The molecule has 0 aromatic heterocycles. The van der Waals surface area contributed by atoms with Gasteiger partial charge < -0.3 is 19.9 Å². The lowest BCUT2D eigenvalue weighted by Gasteiger charge is -2.33. The number of aryl methyl sites for hydroxylation is 1. The third-order valence-corrected chi connectivity index (χ3v) is 6.92. The number of nitrogens with zero attached hydrogens (tertiary/aromatic N) is 2. The first kappa shape index (κ1) is 23.6. The molecule has 0 aliphatic carbocycles. The summed E-state index contributed by atoms with van der Waals surface area (Å²) in [6, 6.07) is 23.6. The van der Waals surface area contributed by atoms with E-state index in [1.807, 2.05) is 54.6 Å². The SMILES string of the molecule is COc1ccc(N2C[C@@H](C(=O)N[C@@H](C(=O)N3CCCc4ccccc43)c3ccccc3)CC2=O)cc1. The van der Waals surface area contributed by atoms with Gasteiger partial charge in [-0.3, -0.25) is 14.4 Å². The Bertz CT molecular complexity index is 1260. The molecule has 3 aromatic rings. The molecule has 2 aliphatic heterocycles. The van der Waals surface area contributed by atoms with Crippen molar-refractivity contribution in [1.29, 1.82) is 0 Å². The molecule has 2 atom stereocenters. The van der Waals surface area contributed by atoms with Crippen LogP contribution in [0, 0.1) is 5.92 Å². The molecule has 3 aromatic carbocycles. The van der Waals surface area contributed by atoms with E-state index in [1.54, 1.807) is 41.2 Å². The van der Waals surface area contributed by atoms with E-state index >= 15 is 0 Å². The van der Waals surface area contributed by atoms with Crippen LogP contribution >= 0.6 is 0 Å². The van der Waals surface area contributed by atoms with Crippen molar-refractivity contribution in [1.82, 2.24) is 5.32 Å². The maximum atomic E-state index is 13.8. The van der Waals surface area contributed by atoms with E-state index in [0.717, 1.165) is 35.3 Å². The molecule has 1 saturated heterocycles. The first-order valence-corrected chi connectivity index (χ1v) is 12.2. The minimum absolute atomic E-state index is 0.0973. The number of carbonyl (C=O) groups excluding carboxylic acids is 3. The van der Waals surface area contributed by atoms with Gasteiger partial charge in [0, 0.05) is 30.9 Å². The van der Waals surface area contributed by atoms with E-state index in [2.05, 4.69) is 5.32 Å². The molecule has 0 saturated carbocycles. The molecule has 5 rings (SSSR count). The van der Waals surface area contributed by atoms with Crippen LogP contribution in [0.3, 0.4) is 0 Å². The number of hydrogen-bond donors (Lipinski definition) is 1. The average molecular weight is 484 g/mol. The lowest BCUT2D eigenvalue weighted by atomic mass is 9.98. The largest absolute Gasteiger partial charge is 0.497 e. The third kappa shape index (κ3) is 4.69. The molecule has 0 unspecified atom stereocenters. The number of ether oxygens (including phenoxy) is 1. The van der Waals surface area contributed by atoms with Gasteiger partial charge in [-0.15, -0.1) is 0 Å². The molecule has 1 fully saturated rings. The molecule has 3 amide bonds. The summed E-state index contributed by atoms with van der Waals surface area (Å²) in [7, 11) is 1.59. The quantitative estimate of drug-likeness (QED) is 0.577. The van der Waals surface area contributed by atoms with Crippen LogP contribution in [0.15, 0.2) is 78.9 Å². The second kappa shape index (κ2) is 10.2. The number of anilines is 2. The number of nitrogens with one attached hydrogen (secondary N) is 1. The van der Waals surface area contributed by atoms with Crippen LogP contribution in [0.5, 0.6) is 5.75 Å². The zero-order valence-corrected chi connectivity index (χ0v) is 20.2. The second-order valence-electron chi connectivity index (χ2n) is 9.18. The van der Waals surface area contributed by atoms with Gasteiger partial charge in [0.15, 0.2) is 0 Å². The maximum absolute atomic E-state index is 13.8. The van der Waals surface area contributed by atoms with Gasteiger partial charge >= 0.3 is 0 Å². The molecule has 0 bridgehead atoms. The molecular weight excluding hydrogens is 454 g/mol. The van der Waals surface area contributed by atoms with E-state index in [4.69, 9.17) is 4.74 Å². The number of rotatable bonds is 6. The number of fused-ring (bicyclic) bond motifs is 1. The number of carbonyl (C=O) groups is 3. The van der Waals surface area contributed by atoms with Gasteiger partial charge in [0.05, 0.1) is 13.0 Å². The standard InChI is InChI=1S/C29H29N3O4/c1-36-24-15-13-23(14-16-24)32-19-22(18-26(32)33)28(34)30-27(21-9-3-2-4-10-21)29(35)31-17-7-11-20-8-5-6-12-25(20)31/h2-6,8-10,12-16,22,27H,7,11,17-19H2,1H3,(H,30,34)/t22-,27+/m0/s1. The summed E-state index contributed by atoms with van der Waals surface area (Å²) in [6.07, 6.45) is 1.89. The number of amides is 3. The van der Waals surface area contributed by atoms with Crippen LogP contribution in [0.4, 0.5) is 11.4 Å². The molecule has 2 heterocycles. The summed E-state index contributed by atoms with van der Waals surface area (Å²) in [6.45, 7) is 0.863. The van der Waals surface area contributed by atoms with Crippen LogP contribution in [0.25, 0.3) is 0 Å². The van der Waals surface area contributed by atoms with Gasteiger partial charge in [0.2, 0.25) is 11.8 Å². The summed E-state index contributed by atoms with van der Waals surface area (Å²) >= 11 is 0. The normalized spacial score (nSPS) is 17.9. The molecule has 7 nitrogen and oxygen atoms in total. The first-order valence-electron chi connectivity index (χ1n) is 12.2. The van der Waals surface area contributed by atoms with Crippen molar-refractivity contribution < 1.29 is 19.1 Å². The van der Waals surface area contributed by atoms with E-state index in [0.29, 0.717) is 12.3 Å². The summed E-state index contributed by atoms with van der Waals surface area (Å²) in [5.41, 5.74) is 3.46. The Hall–Kier alpha value is -4.13. The van der Waals surface area contributed by atoms with Crippen molar-refractivity contribution in [2.24, 2.45) is 5.92 Å². The minimum atomic E-state index is -0.838. The van der Waals surface area contributed by atoms with E-state index < -0.39 is 12.0 Å². The highest BCUT2D eigenvalue weighted by Gasteiger charge is 2.38. The maximum Gasteiger partial charge on any atom is 0.254 e. The van der Waals surface area contributed by atoms with E-state index in [1.165, 1.54) is 0 Å². The Labute approximate surface area is 210 Å². The molecule has 1 N–H and O–H groups in total. The Kier molecular flexibility index (Phi) is 6.71. The number of para-hydroxylation sites is 1. The Morgan fingerprint density at radius 2 is 1.69 bits per heavy atom. The highest BCUT2D eigenvalue weighted by molar-refractivity contribution is 6.03. The fourth-order valence-electron chi connectivity index (χ4n) is 5.01. The van der Waals surface area contributed by atoms with Crippen LogP contribution in [0.2, 0.25) is 0 Å². The summed E-state index contributed by atoms with van der Waals surface area (Å²) in [4.78, 5) is 43.4. The lowest BCUT2D eigenvalue weighted by Crippen LogP contribution is -2.46. The summed E-state index contributed by atoms with van der Waals surface area (Å²) < 4.78 is 5.19. The molecular formula is C29H29N3O4. The zero-order chi connectivity index (χ0) is 25.1. The van der Waals surface area contributed by atoms with Crippen molar-refractivity contribution in [2.75, 3.05) is 30.0 Å². The number of methoxy groups -OCH3 is 1. The number of hydrogen-bond acceptors (Lipinski definition) is 4. The van der Waals surface area contributed by atoms with Gasteiger partial charge in [-0.2, -0.15) is 0 Å². The van der Waals surface area contributed by atoms with Crippen molar-refractivity contribution in [3.63, 3.8) is 0 Å². The highest BCUT2D eigenvalue weighted by Crippen LogP contribution is 2.31.